The van der Waals surface area contributed by atoms with Gasteiger partial charge in [-0.25, -0.2) is 4.98 Å². The molecule has 0 radical (unpaired) electrons. The van der Waals surface area contributed by atoms with Gasteiger partial charge in [-0.2, -0.15) is 4.98 Å². The first-order chi connectivity index (χ1) is 13.0. The summed E-state index contributed by atoms with van der Waals surface area (Å²) in [6, 6.07) is 3.21. The van der Waals surface area contributed by atoms with E-state index in [1.807, 2.05) is 0 Å². The highest BCUT2D eigenvalue weighted by Crippen LogP contribution is 2.34. The Hall–Kier alpha value is -0.990. The van der Waals surface area contributed by atoms with Crippen LogP contribution in [0.25, 0.3) is 10.2 Å². The smallest absolute Gasteiger partial charge is 0.225 e. The molecule has 27 heavy (non-hydrogen) atoms. The summed E-state index contributed by atoms with van der Waals surface area (Å²) >= 11 is 7.99. The number of morpholine rings is 1. The monoisotopic (exact) mass is 409 g/mol. The molecule has 0 amide bonds. The Kier molecular flexibility index (Phi) is 5.85. The van der Waals surface area contributed by atoms with Crippen molar-refractivity contribution in [1.82, 2.24) is 19.8 Å². The van der Waals surface area contributed by atoms with Crippen molar-refractivity contribution in [2.75, 3.05) is 51.8 Å². The van der Waals surface area contributed by atoms with E-state index < -0.39 is 0 Å². The number of thiophene rings is 1. The van der Waals surface area contributed by atoms with Crippen molar-refractivity contribution in [3.05, 3.63) is 16.2 Å². The van der Waals surface area contributed by atoms with E-state index in [1.165, 1.54) is 30.8 Å². The Bertz CT molecular complexity index is 792. The van der Waals surface area contributed by atoms with Crippen molar-refractivity contribution in [3.63, 3.8) is 0 Å². The summed E-state index contributed by atoms with van der Waals surface area (Å²) < 4.78 is 5.58. The van der Waals surface area contributed by atoms with Crippen LogP contribution < -0.4 is 4.90 Å². The van der Waals surface area contributed by atoms with Gasteiger partial charge in [-0.05, 0) is 64.6 Å². The Morgan fingerprint density at radius 3 is 2.81 bits per heavy atom. The summed E-state index contributed by atoms with van der Waals surface area (Å²) in [6.07, 6.45) is 2.47. The average molecular weight is 410 g/mol. The molecule has 2 aromatic rings. The molecule has 2 aromatic heterocycles. The van der Waals surface area contributed by atoms with Gasteiger partial charge in [0.15, 0.2) is 0 Å². The third-order valence-electron chi connectivity index (χ3n) is 5.75. The van der Waals surface area contributed by atoms with Gasteiger partial charge in [0.05, 0.1) is 24.6 Å². The van der Waals surface area contributed by atoms with Crippen LogP contribution in [0.1, 0.15) is 24.6 Å². The summed E-state index contributed by atoms with van der Waals surface area (Å²) in [5.74, 6) is 0.949. The molecule has 0 aliphatic carbocycles. The lowest BCUT2D eigenvalue weighted by molar-refractivity contribution is 0.0987. The zero-order chi connectivity index (χ0) is 19.0. The van der Waals surface area contributed by atoms with Crippen LogP contribution >= 0.6 is 22.9 Å². The zero-order valence-corrected chi connectivity index (χ0v) is 17.9. The Balaban J connectivity index is 1.57. The number of ether oxygens (including phenoxy) is 1. The second-order valence-corrected chi connectivity index (χ2v) is 9.27. The highest BCUT2D eigenvalue weighted by atomic mass is 35.5. The molecule has 4 heterocycles. The van der Waals surface area contributed by atoms with Crippen molar-refractivity contribution in [2.45, 2.75) is 38.4 Å². The van der Waals surface area contributed by atoms with Gasteiger partial charge >= 0.3 is 0 Å². The number of hydrogen-bond donors (Lipinski definition) is 0. The second-order valence-electron chi connectivity index (χ2n) is 7.81. The SMILES string of the molecule is C[C@H]1COCCN1c1nc(Cl)nc2sc(CN(C)C3CCN(C)CC3)cc12. The van der Waals surface area contributed by atoms with Crippen LogP contribution in [0, 0.1) is 0 Å². The Labute approximate surface area is 170 Å². The molecular weight excluding hydrogens is 382 g/mol. The predicted molar refractivity (Wildman–Crippen MR) is 112 cm³/mol. The summed E-state index contributed by atoms with van der Waals surface area (Å²) in [6.45, 7) is 7.77. The number of fused-ring (bicyclic) bond motifs is 1. The van der Waals surface area contributed by atoms with Gasteiger partial charge in [-0.1, -0.05) is 0 Å². The molecule has 4 rings (SSSR count). The molecule has 2 aliphatic heterocycles. The number of likely N-dealkylation sites (tertiary alicyclic amines) is 1. The lowest BCUT2D eigenvalue weighted by Gasteiger charge is -2.35. The van der Waals surface area contributed by atoms with Gasteiger partial charge in [-0.15, -0.1) is 11.3 Å². The van der Waals surface area contributed by atoms with Crippen molar-refractivity contribution >= 4 is 39.0 Å². The normalized spacial score (nSPS) is 22.9. The molecule has 0 unspecified atom stereocenters. The number of hydrogen-bond acceptors (Lipinski definition) is 7. The molecule has 0 aromatic carbocycles. The van der Waals surface area contributed by atoms with E-state index in [0.717, 1.165) is 42.3 Å². The summed E-state index contributed by atoms with van der Waals surface area (Å²) in [5, 5.41) is 1.44. The van der Waals surface area contributed by atoms with Crippen LogP contribution in [0.4, 0.5) is 5.82 Å². The van der Waals surface area contributed by atoms with Gasteiger partial charge < -0.3 is 14.5 Å². The Morgan fingerprint density at radius 1 is 1.30 bits per heavy atom. The highest BCUT2D eigenvalue weighted by molar-refractivity contribution is 7.18. The van der Waals surface area contributed by atoms with Crippen molar-refractivity contribution in [2.24, 2.45) is 0 Å². The molecule has 2 fully saturated rings. The maximum Gasteiger partial charge on any atom is 0.225 e. The van der Waals surface area contributed by atoms with Crippen molar-refractivity contribution in [3.8, 4) is 0 Å². The third-order valence-corrected chi connectivity index (χ3v) is 6.94. The fraction of sp³-hybridized carbons (Fsp3) is 0.684. The number of anilines is 1. The van der Waals surface area contributed by atoms with E-state index in [9.17, 15) is 0 Å². The quantitative estimate of drug-likeness (QED) is 0.723. The number of rotatable bonds is 4. The van der Waals surface area contributed by atoms with Crippen LogP contribution in [-0.4, -0.2) is 78.8 Å². The molecule has 8 heteroatoms. The molecule has 148 valence electrons. The molecule has 6 nitrogen and oxygen atoms in total. The standard InChI is InChI=1S/C19H28ClN5OS/c1-13-12-26-9-8-25(13)17-16-10-15(27-18(16)22-19(20)21-17)11-24(3)14-4-6-23(2)7-5-14/h10,13-14H,4-9,11-12H2,1-3H3/t13-/m0/s1. The third kappa shape index (κ3) is 4.22. The number of halogens is 1. The highest BCUT2D eigenvalue weighted by Gasteiger charge is 2.25. The molecule has 0 saturated carbocycles. The fourth-order valence-corrected chi connectivity index (χ4v) is 5.38. The second kappa shape index (κ2) is 8.17. The van der Waals surface area contributed by atoms with E-state index in [2.05, 4.69) is 51.8 Å². The predicted octanol–water partition coefficient (Wildman–Crippen LogP) is 3.10. The molecule has 2 aliphatic rings. The Morgan fingerprint density at radius 2 is 2.07 bits per heavy atom. The van der Waals surface area contributed by atoms with Crippen LogP contribution in [-0.2, 0) is 11.3 Å². The molecule has 0 spiro atoms. The van der Waals surface area contributed by atoms with Crippen LogP contribution in [0.3, 0.4) is 0 Å². The minimum atomic E-state index is 0.290. The van der Waals surface area contributed by atoms with E-state index in [1.54, 1.807) is 11.3 Å². The maximum atomic E-state index is 6.25. The molecule has 1 atom stereocenters. The maximum absolute atomic E-state index is 6.25. The van der Waals surface area contributed by atoms with Gasteiger partial charge in [0.25, 0.3) is 0 Å². The number of aromatic nitrogens is 2. The van der Waals surface area contributed by atoms with E-state index >= 15 is 0 Å². The van der Waals surface area contributed by atoms with Crippen molar-refractivity contribution < 1.29 is 4.74 Å². The molecular formula is C19H28ClN5OS. The van der Waals surface area contributed by atoms with E-state index in [-0.39, 0.29) is 6.04 Å². The molecule has 0 N–H and O–H groups in total. The van der Waals surface area contributed by atoms with Gasteiger partial charge in [-0.3, -0.25) is 4.90 Å². The van der Waals surface area contributed by atoms with Gasteiger partial charge in [0.2, 0.25) is 5.28 Å². The number of nitrogens with zero attached hydrogens (tertiary/aromatic N) is 5. The lowest BCUT2D eigenvalue weighted by atomic mass is 10.0. The van der Waals surface area contributed by atoms with Gasteiger partial charge in [0.1, 0.15) is 10.6 Å². The number of piperidine rings is 1. The van der Waals surface area contributed by atoms with Crippen LogP contribution in [0.15, 0.2) is 6.07 Å². The summed E-state index contributed by atoms with van der Waals surface area (Å²) in [5.41, 5.74) is 0. The zero-order valence-electron chi connectivity index (χ0n) is 16.3. The first kappa shape index (κ1) is 19.3. The van der Waals surface area contributed by atoms with E-state index in [0.29, 0.717) is 11.3 Å². The summed E-state index contributed by atoms with van der Waals surface area (Å²) in [4.78, 5) is 18.6. The van der Waals surface area contributed by atoms with Gasteiger partial charge in [0, 0.05) is 24.0 Å². The van der Waals surface area contributed by atoms with Crippen LogP contribution in [0.5, 0.6) is 0 Å². The largest absolute Gasteiger partial charge is 0.377 e. The first-order valence-electron chi connectivity index (χ1n) is 9.70. The molecule has 2 saturated heterocycles. The summed E-state index contributed by atoms with van der Waals surface area (Å²) in [7, 11) is 4.45. The lowest BCUT2D eigenvalue weighted by Crippen LogP contribution is -2.44. The molecule has 0 bridgehead atoms. The topological polar surface area (TPSA) is 44.7 Å². The van der Waals surface area contributed by atoms with Crippen LogP contribution in [0.2, 0.25) is 5.28 Å². The average Bonchev–Trinajstić information content (AvgIpc) is 3.04. The first-order valence-corrected chi connectivity index (χ1v) is 10.9. The minimum Gasteiger partial charge on any atom is -0.377 e. The minimum absolute atomic E-state index is 0.290. The van der Waals surface area contributed by atoms with E-state index in [4.69, 9.17) is 16.3 Å². The van der Waals surface area contributed by atoms with Crippen molar-refractivity contribution in [1.29, 1.82) is 0 Å². The fourth-order valence-electron chi connectivity index (χ4n) is 4.08.